The predicted octanol–water partition coefficient (Wildman–Crippen LogP) is 3.41. The molecule has 0 aromatic heterocycles. The summed E-state index contributed by atoms with van der Waals surface area (Å²) >= 11 is 4.81. The minimum atomic E-state index is 0.145. The molecular formula is C17H18N4S. The predicted molar refractivity (Wildman–Crippen MR) is 96.7 cm³/mol. The SMILES string of the molecule is CC(CC(=NNC(N)=S)c1ccccc1)=Nc1ccccc1. The molecule has 2 aromatic rings. The highest BCUT2D eigenvalue weighted by atomic mass is 32.1. The number of thiocarbonyl (C=S) groups is 1. The number of hydrogen-bond acceptors (Lipinski definition) is 3. The van der Waals surface area contributed by atoms with Crippen LogP contribution >= 0.6 is 12.2 Å². The molecule has 0 heterocycles. The van der Waals surface area contributed by atoms with E-state index in [4.69, 9.17) is 18.0 Å². The van der Waals surface area contributed by atoms with Gasteiger partial charge in [0.1, 0.15) is 0 Å². The standard InChI is InChI=1S/C17H18N4S/c1-13(19-15-10-6-3-7-11-15)12-16(20-21-17(18)22)14-8-4-2-5-9-14/h2-11H,12H2,1H3,(H3,18,21,22). The average Bonchev–Trinajstić information content (AvgIpc) is 2.53. The first-order valence-corrected chi connectivity index (χ1v) is 7.32. The van der Waals surface area contributed by atoms with E-state index in [-0.39, 0.29) is 5.11 Å². The van der Waals surface area contributed by atoms with E-state index in [1.54, 1.807) is 0 Å². The van der Waals surface area contributed by atoms with Crippen LogP contribution in [0.5, 0.6) is 0 Å². The molecule has 0 saturated heterocycles. The van der Waals surface area contributed by atoms with E-state index in [1.807, 2.05) is 67.6 Å². The molecule has 0 radical (unpaired) electrons. The van der Waals surface area contributed by atoms with Gasteiger partial charge >= 0.3 is 0 Å². The summed E-state index contributed by atoms with van der Waals surface area (Å²) in [6.07, 6.45) is 0.606. The molecule has 3 N–H and O–H groups in total. The van der Waals surface area contributed by atoms with E-state index in [0.29, 0.717) is 6.42 Å². The lowest BCUT2D eigenvalue weighted by molar-refractivity contribution is 1.02. The highest BCUT2D eigenvalue weighted by molar-refractivity contribution is 7.80. The van der Waals surface area contributed by atoms with Crippen LogP contribution in [0.4, 0.5) is 5.69 Å². The molecule has 0 atom stereocenters. The molecule has 0 amide bonds. The quantitative estimate of drug-likeness (QED) is 0.505. The van der Waals surface area contributed by atoms with E-state index in [1.165, 1.54) is 0 Å². The number of aliphatic imine (C=N–C) groups is 1. The minimum absolute atomic E-state index is 0.145. The van der Waals surface area contributed by atoms with Crippen molar-refractivity contribution < 1.29 is 0 Å². The number of benzene rings is 2. The van der Waals surface area contributed by atoms with Gasteiger partial charge in [-0.15, -0.1) is 0 Å². The van der Waals surface area contributed by atoms with Crippen molar-refractivity contribution in [2.24, 2.45) is 15.8 Å². The Morgan fingerprint density at radius 3 is 2.23 bits per heavy atom. The molecule has 2 rings (SSSR count). The zero-order chi connectivity index (χ0) is 15.8. The van der Waals surface area contributed by atoms with Crippen LogP contribution in [0.2, 0.25) is 0 Å². The lowest BCUT2D eigenvalue weighted by Gasteiger charge is -2.07. The highest BCUT2D eigenvalue weighted by Crippen LogP contribution is 2.12. The van der Waals surface area contributed by atoms with Crippen molar-refractivity contribution in [3.05, 3.63) is 66.2 Å². The first kappa shape index (κ1) is 15.9. The topological polar surface area (TPSA) is 62.8 Å². The Bertz CT molecular complexity index is 678. The third-order valence-electron chi connectivity index (χ3n) is 2.91. The Morgan fingerprint density at radius 1 is 1.05 bits per heavy atom. The van der Waals surface area contributed by atoms with Crippen molar-refractivity contribution in [3.8, 4) is 0 Å². The molecular weight excluding hydrogens is 292 g/mol. The second-order valence-corrected chi connectivity index (χ2v) is 5.20. The van der Waals surface area contributed by atoms with Gasteiger partial charge in [-0.05, 0) is 36.8 Å². The van der Waals surface area contributed by atoms with Crippen molar-refractivity contribution in [1.82, 2.24) is 5.43 Å². The zero-order valence-electron chi connectivity index (χ0n) is 12.4. The Morgan fingerprint density at radius 2 is 1.64 bits per heavy atom. The molecule has 0 bridgehead atoms. The van der Waals surface area contributed by atoms with E-state index in [9.17, 15) is 0 Å². The highest BCUT2D eigenvalue weighted by Gasteiger charge is 2.06. The molecule has 0 saturated carbocycles. The minimum Gasteiger partial charge on any atom is -0.375 e. The molecule has 0 unspecified atom stereocenters. The Labute approximate surface area is 135 Å². The lowest BCUT2D eigenvalue weighted by Crippen LogP contribution is -2.26. The fourth-order valence-corrected chi connectivity index (χ4v) is 2.01. The van der Waals surface area contributed by atoms with Crippen LogP contribution < -0.4 is 11.2 Å². The van der Waals surface area contributed by atoms with Gasteiger partial charge in [-0.2, -0.15) is 5.10 Å². The van der Waals surface area contributed by atoms with Gasteiger partial charge in [0.25, 0.3) is 0 Å². The number of nitrogens with zero attached hydrogens (tertiary/aromatic N) is 2. The third kappa shape index (κ3) is 5.10. The second-order valence-electron chi connectivity index (χ2n) is 4.76. The van der Waals surface area contributed by atoms with Crippen LogP contribution in [0, 0.1) is 0 Å². The van der Waals surface area contributed by atoms with Gasteiger partial charge in [-0.1, -0.05) is 48.5 Å². The van der Waals surface area contributed by atoms with E-state index in [2.05, 4.69) is 15.5 Å². The van der Waals surface area contributed by atoms with Crippen molar-refractivity contribution in [1.29, 1.82) is 0 Å². The molecule has 0 aliphatic carbocycles. The summed E-state index contributed by atoms with van der Waals surface area (Å²) in [5, 5.41) is 4.44. The second kappa shape index (κ2) is 8.05. The smallest absolute Gasteiger partial charge is 0.184 e. The van der Waals surface area contributed by atoms with Crippen molar-refractivity contribution in [3.63, 3.8) is 0 Å². The summed E-state index contributed by atoms with van der Waals surface area (Å²) < 4.78 is 0. The van der Waals surface area contributed by atoms with Crippen LogP contribution in [0.15, 0.2) is 70.8 Å². The Hall–Kier alpha value is -2.53. The zero-order valence-corrected chi connectivity index (χ0v) is 13.2. The summed E-state index contributed by atoms with van der Waals surface area (Å²) in [6, 6.07) is 19.7. The molecule has 0 fully saturated rings. The Balaban J connectivity index is 2.21. The number of nitrogens with one attached hydrogen (secondary N) is 1. The van der Waals surface area contributed by atoms with Gasteiger partial charge in [-0.25, -0.2) is 0 Å². The van der Waals surface area contributed by atoms with Gasteiger partial charge in [0.05, 0.1) is 11.4 Å². The first-order chi connectivity index (χ1) is 10.6. The molecule has 2 aromatic carbocycles. The number of para-hydroxylation sites is 1. The number of hydrogen-bond donors (Lipinski definition) is 2. The van der Waals surface area contributed by atoms with E-state index >= 15 is 0 Å². The molecule has 22 heavy (non-hydrogen) atoms. The normalized spacial score (nSPS) is 12.0. The number of hydrazone groups is 1. The lowest BCUT2D eigenvalue weighted by atomic mass is 10.1. The van der Waals surface area contributed by atoms with Gasteiger partial charge in [-0.3, -0.25) is 10.4 Å². The maximum Gasteiger partial charge on any atom is 0.184 e. The van der Waals surface area contributed by atoms with Gasteiger partial charge < -0.3 is 5.73 Å². The van der Waals surface area contributed by atoms with Crippen molar-refractivity contribution >= 4 is 34.4 Å². The van der Waals surface area contributed by atoms with Gasteiger partial charge in [0, 0.05) is 12.1 Å². The fraction of sp³-hybridized carbons (Fsp3) is 0.118. The molecule has 0 aliphatic heterocycles. The van der Waals surface area contributed by atoms with E-state index < -0.39 is 0 Å². The molecule has 4 nitrogen and oxygen atoms in total. The summed E-state index contributed by atoms with van der Waals surface area (Å²) in [4.78, 5) is 4.60. The monoisotopic (exact) mass is 310 g/mol. The average molecular weight is 310 g/mol. The summed E-state index contributed by atoms with van der Waals surface area (Å²) in [7, 11) is 0. The van der Waals surface area contributed by atoms with Crippen molar-refractivity contribution in [2.45, 2.75) is 13.3 Å². The van der Waals surface area contributed by atoms with Crippen LogP contribution in [0.25, 0.3) is 0 Å². The van der Waals surface area contributed by atoms with Gasteiger partial charge in [0.2, 0.25) is 0 Å². The number of rotatable bonds is 5. The van der Waals surface area contributed by atoms with Crippen LogP contribution in [0.1, 0.15) is 18.9 Å². The first-order valence-electron chi connectivity index (χ1n) is 6.92. The van der Waals surface area contributed by atoms with E-state index in [0.717, 1.165) is 22.7 Å². The maximum atomic E-state index is 5.46. The fourth-order valence-electron chi connectivity index (χ4n) is 1.96. The molecule has 0 aliphatic rings. The van der Waals surface area contributed by atoms with Crippen LogP contribution in [-0.4, -0.2) is 16.5 Å². The van der Waals surface area contributed by atoms with Crippen molar-refractivity contribution in [2.75, 3.05) is 0 Å². The number of nitrogens with two attached hydrogens (primary N) is 1. The third-order valence-corrected chi connectivity index (χ3v) is 3.00. The summed E-state index contributed by atoms with van der Waals surface area (Å²) in [5.74, 6) is 0. The van der Waals surface area contributed by atoms with Gasteiger partial charge in [0.15, 0.2) is 5.11 Å². The molecule has 0 spiro atoms. The largest absolute Gasteiger partial charge is 0.375 e. The summed E-state index contributed by atoms with van der Waals surface area (Å²) in [6.45, 7) is 1.98. The maximum absolute atomic E-state index is 5.46. The summed E-state index contributed by atoms with van der Waals surface area (Å²) in [5.41, 5.74) is 11.8. The van der Waals surface area contributed by atoms with Crippen LogP contribution in [0.3, 0.4) is 0 Å². The molecule has 112 valence electrons. The van der Waals surface area contributed by atoms with Crippen LogP contribution in [-0.2, 0) is 0 Å². The Kier molecular flexibility index (Phi) is 5.80. The molecule has 5 heteroatoms.